The largest absolute Gasteiger partial charge is 0.294 e. The Morgan fingerprint density at radius 2 is 2.00 bits per heavy atom. The number of carbonyl (C=O) groups is 1. The number of nitrogens with zero attached hydrogens (tertiary/aromatic N) is 3. The lowest BCUT2D eigenvalue weighted by molar-refractivity contribution is -0.136. The molecule has 0 saturated carbocycles. The Bertz CT molecular complexity index is 612. The van der Waals surface area contributed by atoms with Gasteiger partial charge in [-0.05, 0) is 5.56 Å². The number of benzene rings is 1. The molecule has 23 heavy (non-hydrogen) atoms. The van der Waals surface area contributed by atoms with E-state index in [9.17, 15) is 4.79 Å². The standard InChI is InChI=1S/C16H20N4O2S/c21-16(18-22)15(13-4-2-1-3-5-13)20-9-7-19(8-10-20)12-14-17-6-11-23-14/h1-6,11,15,22H,7-10,12H2,(H,18,21). The van der Waals surface area contributed by atoms with E-state index in [-0.39, 0.29) is 5.91 Å². The van der Waals surface area contributed by atoms with Crippen molar-refractivity contribution in [1.82, 2.24) is 20.3 Å². The maximum Gasteiger partial charge on any atom is 0.265 e. The molecule has 1 fully saturated rings. The van der Waals surface area contributed by atoms with E-state index < -0.39 is 6.04 Å². The van der Waals surface area contributed by atoms with E-state index in [1.54, 1.807) is 16.8 Å². The Balaban J connectivity index is 1.65. The van der Waals surface area contributed by atoms with E-state index in [0.29, 0.717) is 0 Å². The van der Waals surface area contributed by atoms with Gasteiger partial charge in [0, 0.05) is 37.8 Å². The second-order valence-corrected chi connectivity index (χ2v) is 6.51. The van der Waals surface area contributed by atoms with Gasteiger partial charge >= 0.3 is 0 Å². The van der Waals surface area contributed by atoms with Crippen molar-refractivity contribution in [1.29, 1.82) is 0 Å². The van der Waals surface area contributed by atoms with Crippen LogP contribution in [0.5, 0.6) is 0 Å². The van der Waals surface area contributed by atoms with Crippen molar-refractivity contribution < 1.29 is 10.0 Å². The quantitative estimate of drug-likeness (QED) is 0.642. The van der Waals surface area contributed by atoms with Gasteiger partial charge in [-0.1, -0.05) is 30.3 Å². The molecule has 122 valence electrons. The SMILES string of the molecule is O=C(NO)C(c1ccccc1)N1CCN(Cc2nccs2)CC1. The summed E-state index contributed by atoms with van der Waals surface area (Å²) in [6.45, 7) is 4.16. The fourth-order valence-electron chi connectivity index (χ4n) is 2.93. The van der Waals surface area contributed by atoms with Gasteiger partial charge in [0.25, 0.3) is 5.91 Å². The summed E-state index contributed by atoms with van der Waals surface area (Å²) in [6, 6.07) is 9.12. The van der Waals surface area contributed by atoms with Gasteiger partial charge < -0.3 is 0 Å². The van der Waals surface area contributed by atoms with Crippen LogP contribution in [0, 0.1) is 0 Å². The van der Waals surface area contributed by atoms with Crippen molar-refractivity contribution in [3.05, 3.63) is 52.5 Å². The molecule has 1 saturated heterocycles. The fraction of sp³-hybridized carbons (Fsp3) is 0.375. The Labute approximate surface area is 139 Å². The summed E-state index contributed by atoms with van der Waals surface area (Å²) in [5.74, 6) is -0.385. The molecule has 1 aliphatic rings. The van der Waals surface area contributed by atoms with Crippen molar-refractivity contribution in [2.45, 2.75) is 12.6 Å². The summed E-state index contributed by atoms with van der Waals surface area (Å²) in [4.78, 5) is 20.9. The smallest absolute Gasteiger partial charge is 0.265 e. The number of carbonyl (C=O) groups excluding carboxylic acids is 1. The van der Waals surface area contributed by atoms with Gasteiger partial charge in [-0.15, -0.1) is 11.3 Å². The number of amides is 1. The number of piperazine rings is 1. The number of nitrogens with one attached hydrogen (secondary N) is 1. The highest BCUT2D eigenvalue weighted by Crippen LogP contribution is 2.23. The number of hydroxylamine groups is 1. The van der Waals surface area contributed by atoms with E-state index in [4.69, 9.17) is 5.21 Å². The number of rotatable bonds is 5. The minimum absolute atomic E-state index is 0.385. The molecule has 1 aromatic carbocycles. The first-order chi connectivity index (χ1) is 11.3. The first-order valence-electron chi connectivity index (χ1n) is 7.61. The van der Waals surface area contributed by atoms with Crippen LogP contribution in [0.4, 0.5) is 0 Å². The minimum atomic E-state index is -0.455. The molecule has 1 unspecified atom stereocenters. The lowest BCUT2D eigenvalue weighted by Gasteiger charge is -2.38. The zero-order valence-corrected chi connectivity index (χ0v) is 13.6. The van der Waals surface area contributed by atoms with Crippen LogP contribution in [0.3, 0.4) is 0 Å². The third kappa shape index (κ3) is 3.94. The lowest BCUT2D eigenvalue weighted by atomic mass is 10.0. The van der Waals surface area contributed by atoms with Gasteiger partial charge in [-0.25, -0.2) is 10.5 Å². The molecule has 7 heteroatoms. The second-order valence-electron chi connectivity index (χ2n) is 5.53. The fourth-order valence-corrected chi connectivity index (χ4v) is 3.58. The summed E-state index contributed by atoms with van der Waals surface area (Å²) in [5.41, 5.74) is 2.70. The van der Waals surface area contributed by atoms with Crippen molar-refractivity contribution in [3.8, 4) is 0 Å². The minimum Gasteiger partial charge on any atom is -0.294 e. The van der Waals surface area contributed by atoms with Crippen LogP contribution in [0.2, 0.25) is 0 Å². The van der Waals surface area contributed by atoms with Gasteiger partial charge in [0.05, 0.1) is 6.54 Å². The van der Waals surface area contributed by atoms with Crippen LogP contribution in [0.1, 0.15) is 16.6 Å². The normalized spacial score (nSPS) is 17.8. The summed E-state index contributed by atoms with van der Waals surface area (Å²) in [5, 5.41) is 12.2. The molecule has 2 heterocycles. The number of aromatic nitrogens is 1. The van der Waals surface area contributed by atoms with Gasteiger partial charge in [0.2, 0.25) is 0 Å². The molecular formula is C16H20N4O2S. The third-order valence-corrected chi connectivity index (χ3v) is 4.85. The van der Waals surface area contributed by atoms with Crippen LogP contribution in [-0.2, 0) is 11.3 Å². The number of hydrogen-bond acceptors (Lipinski definition) is 6. The number of hydrogen-bond donors (Lipinski definition) is 2. The molecule has 0 aliphatic carbocycles. The van der Waals surface area contributed by atoms with Crippen molar-refractivity contribution in [2.24, 2.45) is 0 Å². The highest BCUT2D eigenvalue weighted by molar-refractivity contribution is 7.09. The summed E-state index contributed by atoms with van der Waals surface area (Å²) in [6.07, 6.45) is 1.83. The summed E-state index contributed by atoms with van der Waals surface area (Å²) < 4.78 is 0. The maximum absolute atomic E-state index is 12.1. The van der Waals surface area contributed by atoms with Gasteiger partial charge in [-0.3, -0.25) is 19.8 Å². The molecule has 0 bridgehead atoms. The molecule has 3 rings (SSSR count). The van der Waals surface area contributed by atoms with E-state index >= 15 is 0 Å². The van der Waals surface area contributed by atoms with Gasteiger partial charge in [0.1, 0.15) is 11.0 Å². The molecule has 1 amide bonds. The Hall–Kier alpha value is -1.80. The first kappa shape index (κ1) is 16.1. The van der Waals surface area contributed by atoms with Crippen LogP contribution < -0.4 is 5.48 Å². The molecular weight excluding hydrogens is 312 g/mol. The predicted octanol–water partition coefficient (Wildman–Crippen LogP) is 1.51. The molecule has 6 nitrogen and oxygen atoms in total. The lowest BCUT2D eigenvalue weighted by Crippen LogP contribution is -2.50. The van der Waals surface area contributed by atoms with Gasteiger partial charge in [-0.2, -0.15) is 0 Å². The molecule has 2 N–H and O–H groups in total. The topological polar surface area (TPSA) is 68.7 Å². The molecule has 0 radical (unpaired) electrons. The highest BCUT2D eigenvalue weighted by atomic mass is 32.1. The zero-order valence-electron chi connectivity index (χ0n) is 12.8. The monoisotopic (exact) mass is 332 g/mol. The van der Waals surface area contributed by atoms with Crippen molar-refractivity contribution in [3.63, 3.8) is 0 Å². The van der Waals surface area contributed by atoms with Crippen LogP contribution in [0.25, 0.3) is 0 Å². The first-order valence-corrected chi connectivity index (χ1v) is 8.49. The summed E-state index contributed by atoms with van der Waals surface area (Å²) in [7, 11) is 0. The van der Waals surface area contributed by atoms with E-state index in [1.807, 2.05) is 41.9 Å². The van der Waals surface area contributed by atoms with E-state index in [2.05, 4.69) is 14.8 Å². The van der Waals surface area contributed by atoms with E-state index in [1.165, 1.54) is 0 Å². The van der Waals surface area contributed by atoms with E-state index in [0.717, 1.165) is 43.3 Å². The molecule has 1 aliphatic heterocycles. The van der Waals surface area contributed by atoms with Crippen molar-refractivity contribution in [2.75, 3.05) is 26.2 Å². The van der Waals surface area contributed by atoms with Crippen LogP contribution >= 0.6 is 11.3 Å². The Morgan fingerprint density at radius 3 is 2.61 bits per heavy atom. The third-order valence-electron chi connectivity index (χ3n) is 4.09. The predicted molar refractivity (Wildman–Crippen MR) is 88.1 cm³/mol. The second kappa shape index (κ2) is 7.65. The maximum atomic E-state index is 12.1. The van der Waals surface area contributed by atoms with Gasteiger partial charge in [0.15, 0.2) is 0 Å². The van der Waals surface area contributed by atoms with Crippen LogP contribution in [-0.4, -0.2) is 52.1 Å². The van der Waals surface area contributed by atoms with Crippen molar-refractivity contribution >= 4 is 17.2 Å². The average Bonchev–Trinajstić information content (AvgIpc) is 3.10. The molecule has 1 atom stereocenters. The highest BCUT2D eigenvalue weighted by Gasteiger charge is 2.30. The van der Waals surface area contributed by atoms with Crippen LogP contribution in [0.15, 0.2) is 41.9 Å². The molecule has 1 aromatic heterocycles. The molecule has 2 aromatic rings. The summed E-state index contributed by atoms with van der Waals surface area (Å²) >= 11 is 1.67. The Morgan fingerprint density at radius 1 is 1.26 bits per heavy atom. The zero-order chi connectivity index (χ0) is 16.1. The average molecular weight is 332 g/mol. The number of thiazole rings is 1. The molecule has 0 spiro atoms. The Kier molecular flexibility index (Phi) is 5.35.